The molecule has 0 unspecified atom stereocenters. The van der Waals surface area contributed by atoms with Crippen LogP contribution in [0.1, 0.15) is 43.2 Å². The van der Waals surface area contributed by atoms with Crippen LogP contribution in [0, 0.1) is 0 Å². The molecule has 0 atom stereocenters. The molecule has 1 aliphatic heterocycles. The number of unbranched alkanes of at least 4 members (excludes halogenated alkanes) is 2. The first-order valence-electron chi connectivity index (χ1n) is 9.92. The number of ether oxygens (including phenoxy) is 1. The topological polar surface area (TPSA) is 84.8 Å². The molecule has 7 heteroatoms. The first-order valence-corrected chi connectivity index (χ1v) is 11.4. The van der Waals surface area contributed by atoms with Crippen LogP contribution in [0.15, 0.2) is 64.5 Å². The Kier molecular flexibility index (Phi) is 7.41. The summed E-state index contributed by atoms with van der Waals surface area (Å²) in [5, 5.41) is 0. The minimum Gasteiger partial charge on any atom is -0.466 e. The summed E-state index contributed by atoms with van der Waals surface area (Å²) >= 11 is 0. The van der Waals surface area contributed by atoms with Gasteiger partial charge in [0.1, 0.15) is 5.84 Å². The van der Waals surface area contributed by atoms with Crippen molar-refractivity contribution in [2.75, 3.05) is 13.2 Å². The van der Waals surface area contributed by atoms with E-state index in [4.69, 9.17) is 4.74 Å². The van der Waals surface area contributed by atoms with E-state index in [0.29, 0.717) is 31.0 Å². The molecule has 0 aromatic heterocycles. The summed E-state index contributed by atoms with van der Waals surface area (Å²) in [5.41, 5.74) is 1.86. The van der Waals surface area contributed by atoms with Gasteiger partial charge in [0.15, 0.2) is 0 Å². The number of nitrogens with one attached hydrogen (secondary N) is 1. The molecule has 29 heavy (non-hydrogen) atoms. The van der Waals surface area contributed by atoms with Gasteiger partial charge in [0.25, 0.3) is 10.0 Å². The summed E-state index contributed by atoms with van der Waals surface area (Å²) in [6.07, 6.45) is 4.49. The van der Waals surface area contributed by atoms with E-state index < -0.39 is 10.0 Å². The molecule has 0 aliphatic carbocycles. The standard InChI is InChI=1S/C22H26N2O4S/c25-21(28-17-9-12-18-10-3-1-4-11-18)15-5-2-8-16-23-22-19-13-6-7-14-20(19)29(26,27)24-22/h1,3-4,6-7,10-11,13-14H,2,5,8-9,12,15-17H2,(H,23,24). The van der Waals surface area contributed by atoms with Crippen molar-refractivity contribution < 1.29 is 17.9 Å². The van der Waals surface area contributed by atoms with Crippen molar-refractivity contribution in [1.29, 1.82) is 0 Å². The number of aliphatic imine (C=N–C) groups is 1. The van der Waals surface area contributed by atoms with Crippen molar-refractivity contribution in [3.63, 3.8) is 0 Å². The first kappa shape index (κ1) is 21.0. The van der Waals surface area contributed by atoms with Crippen LogP contribution in [0.4, 0.5) is 0 Å². The Morgan fingerprint density at radius 3 is 2.52 bits per heavy atom. The largest absolute Gasteiger partial charge is 0.466 e. The molecule has 1 aliphatic rings. The van der Waals surface area contributed by atoms with E-state index in [1.807, 2.05) is 18.2 Å². The van der Waals surface area contributed by atoms with Gasteiger partial charge in [0, 0.05) is 18.5 Å². The highest BCUT2D eigenvalue weighted by Crippen LogP contribution is 2.22. The van der Waals surface area contributed by atoms with Gasteiger partial charge in [-0.1, -0.05) is 48.9 Å². The molecular weight excluding hydrogens is 388 g/mol. The Hall–Kier alpha value is -2.67. The monoisotopic (exact) mass is 414 g/mol. The minimum atomic E-state index is -3.48. The minimum absolute atomic E-state index is 0.165. The van der Waals surface area contributed by atoms with Gasteiger partial charge >= 0.3 is 5.97 Å². The maximum Gasteiger partial charge on any atom is 0.305 e. The summed E-state index contributed by atoms with van der Waals surface area (Å²) in [4.78, 5) is 16.4. The maximum absolute atomic E-state index is 12.0. The molecule has 0 spiro atoms. The Morgan fingerprint density at radius 1 is 0.931 bits per heavy atom. The summed E-state index contributed by atoms with van der Waals surface area (Å²) in [6, 6.07) is 17.0. The van der Waals surface area contributed by atoms with Gasteiger partial charge in [-0.05, 0) is 43.4 Å². The number of hydrogen-bond donors (Lipinski definition) is 1. The third kappa shape index (κ3) is 6.15. The van der Waals surface area contributed by atoms with Crippen LogP contribution >= 0.6 is 0 Å². The van der Waals surface area contributed by atoms with Crippen molar-refractivity contribution in [2.45, 2.75) is 43.4 Å². The summed E-state index contributed by atoms with van der Waals surface area (Å²) < 4.78 is 31.8. The maximum atomic E-state index is 12.0. The van der Waals surface area contributed by atoms with Crippen LogP contribution < -0.4 is 4.72 Å². The van der Waals surface area contributed by atoms with Gasteiger partial charge in [-0.15, -0.1) is 0 Å². The second-order valence-corrected chi connectivity index (χ2v) is 8.60. The molecule has 1 heterocycles. The zero-order valence-electron chi connectivity index (χ0n) is 16.3. The lowest BCUT2D eigenvalue weighted by Crippen LogP contribution is -2.22. The van der Waals surface area contributed by atoms with Gasteiger partial charge in [0.2, 0.25) is 0 Å². The van der Waals surface area contributed by atoms with Crippen LogP contribution in [0.5, 0.6) is 0 Å². The molecule has 154 valence electrons. The second-order valence-electron chi connectivity index (χ2n) is 6.95. The zero-order chi connectivity index (χ0) is 20.5. The third-order valence-electron chi connectivity index (χ3n) is 4.69. The van der Waals surface area contributed by atoms with E-state index in [9.17, 15) is 13.2 Å². The van der Waals surface area contributed by atoms with Crippen LogP contribution in [-0.2, 0) is 26.0 Å². The van der Waals surface area contributed by atoms with Crippen molar-refractivity contribution in [3.05, 3.63) is 65.7 Å². The van der Waals surface area contributed by atoms with Crippen molar-refractivity contribution >= 4 is 21.8 Å². The fourth-order valence-corrected chi connectivity index (χ4v) is 4.43. The summed E-state index contributed by atoms with van der Waals surface area (Å²) in [6.45, 7) is 0.958. The molecule has 0 bridgehead atoms. The Morgan fingerprint density at radius 2 is 1.69 bits per heavy atom. The van der Waals surface area contributed by atoms with Gasteiger partial charge in [-0.25, -0.2) is 8.42 Å². The van der Waals surface area contributed by atoms with Crippen LogP contribution in [0.2, 0.25) is 0 Å². The molecule has 2 aromatic carbocycles. The molecular formula is C22H26N2O4S. The quantitative estimate of drug-likeness (QED) is 0.477. The van der Waals surface area contributed by atoms with Gasteiger partial charge < -0.3 is 4.74 Å². The highest BCUT2D eigenvalue weighted by Gasteiger charge is 2.29. The van der Waals surface area contributed by atoms with Crippen molar-refractivity contribution in [2.24, 2.45) is 4.99 Å². The number of hydrogen-bond acceptors (Lipinski definition) is 5. The molecule has 1 N–H and O–H groups in total. The molecule has 0 fully saturated rings. The number of fused-ring (bicyclic) bond motifs is 1. The number of rotatable bonds is 10. The highest BCUT2D eigenvalue weighted by atomic mass is 32.2. The number of aryl methyl sites for hydroxylation is 1. The highest BCUT2D eigenvalue weighted by molar-refractivity contribution is 7.90. The number of amidine groups is 1. The Balaban J connectivity index is 1.28. The second kappa shape index (κ2) is 10.2. The lowest BCUT2D eigenvalue weighted by molar-refractivity contribution is -0.143. The molecule has 0 saturated heterocycles. The average molecular weight is 415 g/mol. The van der Waals surface area contributed by atoms with Crippen LogP contribution in [-0.4, -0.2) is 33.4 Å². The van der Waals surface area contributed by atoms with E-state index in [1.54, 1.807) is 24.3 Å². The smallest absolute Gasteiger partial charge is 0.305 e. The summed E-state index contributed by atoms with van der Waals surface area (Å²) in [7, 11) is -3.48. The number of benzene rings is 2. The number of sulfonamides is 1. The predicted molar refractivity (Wildman–Crippen MR) is 112 cm³/mol. The van der Waals surface area contributed by atoms with E-state index in [2.05, 4.69) is 21.8 Å². The first-order chi connectivity index (χ1) is 14.1. The van der Waals surface area contributed by atoms with Crippen LogP contribution in [0.3, 0.4) is 0 Å². The van der Waals surface area contributed by atoms with Gasteiger partial charge in [0.05, 0.1) is 11.5 Å². The average Bonchev–Trinajstić information content (AvgIpc) is 2.99. The number of carbonyl (C=O) groups excluding carboxylic acids is 1. The SMILES string of the molecule is O=C(CCCCCN=C1NS(=O)(=O)c2ccccc21)OCCCc1ccccc1. The normalized spacial score (nSPS) is 15.7. The van der Waals surface area contributed by atoms with Crippen LogP contribution in [0.25, 0.3) is 0 Å². The number of esters is 1. The number of nitrogens with zero attached hydrogens (tertiary/aromatic N) is 1. The van der Waals surface area contributed by atoms with Crippen molar-refractivity contribution in [1.82, 2.24) is 4.72 Å². The van der Waals surface area contributed by atoms with Gasteiger partial charge in [-0.2, -0.15) is 0 Å². The number of carbonyl (C=O) groups is 1. The van der Waals surface area contributed by atoms with Gasteiger partial charge in [-0.3, -0.25) is 14.5 Å². The predicted octanol–water partition coefficient (Wildman–Crippen LogP) is 3.46. The fraction of sp³-hybridized carbons (Fsp3) is 0.364. The molecule has 0 saturated carbocycles. The fourth-order valence-electron chi connectivity index (χ4n) is 3.18. The van der Waals surface area contributed by atoms with E-state index in [-0.39, 0.29) is 10.9 Å². The molecule has 0 radical (unpaired) electrons. The molecule has 6 nitrogen and oxygen atoms in total. The Labute approximate surface area is 172 Å². The Bertz CT molecular complexity index is 956. The van der Waals surface area contributed by atoms with E-state index in [1.165, 1.54) is 5.56 Å². The third-order valence-corrected chi connectivity index (χ3v) is 6.08. The summed E-state index contributed by atoms with van der Waals surface area (Å²) in [5.74, 6) is 0.236. The van der Waals surface area contributed by atoms with E-state index in [0.717, 1.165) is 32.1 Å². The molecule has 3 rings (SSSR count). The van der Waals surface area contributed by atoms with E-state index >= 15 is 0 Å². The van der Waals surface area contributed by atoms with Crippen molar-refractivity contribution in [3.8, 4) is 0 Å². The lowest BCUT2D eigenvalue weighted by Gasteiger charge is -2.05. The lowest BCUT2D eigenvalue weighted by atomic mass is 10.1. The molecule has 2 aromatic rings. The zero-order valence-corrected chi connectivity index (χ0v) is 17.2. The molecule has 0 amide bonds.